The summed E-state index contributed by atoms with van der Waals surface area (Å²) in [5.74, 6) is 0.0509. The Morgan fingerprint density at radius 2 is 1.93 bits per heavy atom. The second kappa shape index (κ2) is 8.67. The van der Waals surface area contributed by atoms with Gasteiger partial charge in [0.25, 0.3) is 0 Å². The van der Waals surface area contributed by atoms with E-state index in [2.05, 4.69) is 16.0 Å². The maximum Gasteiger partial charge on any atom is 0.248 e. The van der Waals surface area contributed by atoms with E-state index in [1.807, 2.05) is 35.2 Å². The van der Waals surface area contributed by atoms with Crippen LogP contribution in [0.1, 0.15) is 9.88 Å². The molecule has 1 fully saturated rings. The molecule has 1 aliphatic heterocycles. The van der Waals surface area contributed by atoms with Crippen LogP contribution < -0.4 is 0 Å². The molecule has 1 amide bonds. The van der Waals surface area contributed by atoms with E-state index >= 15 is 0 Å². The highest BCUT2D eigenvalue weighted by molar-refractivity contribution is 7.18. The molecular weight excluding hydrogens is 402 g/mol. The Labute approximate surface area is 171 Å². The number of thiophene rings is 1. The second-order valence-corrected chi connectivity index (χ2v) is 9.35. The van der Waals surface area contributed by atoms with Crippen LogP contribution in [0.4, 0.5) is 0 Å². The summed E-state index contributed by atoms with van der Waals surface area (Å²) in [5.41, 5.74) is 0.982. The number of hydrogen-bond donors (Lipinski definition) is 0. The lowest BCUT2D eigenvalue weighted by Gasteiger charge is -2.34. The minimum Gasteiger partial charge on any atom is -0.364 e. The summed E-state index contributed by atoms with van der Waals surface area (Å²) in [7, 11) is 0. The summed E-state index contributed by atoms with van der Waals surface area (Å²) in [6.45, 7) is 4.61. The summed E-state index contributed by atoms with van der Waals surface area (Å²) in [6.07, 6.45) is 0. The minimum atomic E-state index is 0.0509. The number of piperazine rings is 1. The van der Waals surface area contributed by atoms with Crippen molar-refractivity contribution >= 4 is 50.4 Å². The van der Waals surface area contributed by atoms with Crippen molar-refractivity contribution in [2.75, 3.05) is 32.8 Å². The molecule has 2 aromatic heterocycles. The number of halogens is 1. The smallest absolute Gasteiger partial charge is 0.248 e. The van der Waals surface area contributed by atoms with Crippen LogP contribution in [0, 0.1) is 0 Å². The predicted molar refractivity (Wildman–Crippen MR) is 110 cm³/mol. The zero-order valence-electron chi connectivity index (χ0n) is 14.8. The number of benzene rings is 1. The topological polar surface area (TPSA) is 45.7 Å². The molecular formula is C19H20ClN3O2S2. The molecule has 3 aromatic rings. The van der Waals surface area contributed by atoms with Gasteiger partial charge in [0.2, 0.25) is 5.91 Å². The van der Waals surface area contributed by atoms with Crippen molar-refractivity contribution in [2.24, 2.45) is 0 Å². The van der Waals surface area contributed by atoms with Crippen LogP contribution in [0.2, 0.25) is 4.34 Å². The van der Waals surface area contributed by atoms with Gasteiger partial charge in [0.15, 0.2) is 0 Å². The number of carbonyl (C=O) groups is 1. The number of hydrogen-bond acceptors (Lipinski definition) is 6. The fraction of sp³-hybridized carbons (Fsp3) is 0.368. The van der Waals surface area contributed by atoms with Crippen molar-refractivity contribution in [3.8, 4) is 0 Å². The van der Waals surface area contributed by atoms with E-state index in [0.717, 1.165) is 52.3 Å². The quantitative estimate of drug-likeness (QED) is 0.606. The number of carbonyl (C=O) groups excluding carboxylic acids is 1. The van der Waals surface area contributed by atoms with Crippen molar-refractivity contribution in [3.63, 3.8) is 0 Å². The molecule has 0 bridgehead atoms. The molecule has 1 saturated heterocycles. The van der Waals surface area contributed by atoms with Crippen LogP contribution >= 0.6 is 34.3 Å². The maximum absolute atomic E-state index is 12.4. The first-order valence-corrected chi connectivity index (χ1v) is 10.8. The average Bonchev–Trinajstić information content (AvgIpc) is 3.27. The highest BCUT2D eigenvalue weighted by Gasteiger charge is 2.21. The zero-order chi connectivity index (χ0) is 18.6. The largest absolute Gasteiger partial charge is 0.364 e. The molecule has 4 rings (SSSR count). The Kier molecular flexibility index (Phi) is 6.04. The van der Waals surface area contributed by atoms with Crippen molar-refractivity contribution < 1.29 is 9.53 Å². The number of thiazole rings is 1. The van der Waals surface area contributed by atoms with Crippen molar-refractivity contribution in [3.05, 3.63) is 50.6 Å². The number of rotatable bonds is 6. The molecule has 1 aliphatic rings. The molecule has 3 heterocycles. The summed E-state index contributed by atoms with van der Waals surface area (Å²) in [4.78, 5) is 22.4. The van der Waals surface area contributed by atoms with E-state index in [9.17, 15) is 4.79 Å². The van der Waals surface area contributed by atoms with Gasteiger partial charge < -0.3 is 9.64 Å². The van der Waals surface area contributed by atoms with E-state index in [-0.39, 0.29) is 12.5 Å². The number of para-hydroxylation sites is 1. The Hall–Kier alpha value is -1.51. The SMILES string of the molecule is O=C(COCc1nc2ccccc2s1)N1CCN(Cc2ccc(Cl)s2)CC1. The highest BCUT2D eigenvalue weighted by atomic mass is 35.5. The third-order valence-corrected chi connectivity index (χ3v) is 6.75. The van der Waals surface area contributed by atoms with Gasteiger partial charge in [-0.25, -0.2) is 4.98 Å². The van der Waals surface area contributed by atoms with Crippen LogP contribution in [0.3, 0.4) is 0 Å². The number of ether oxygens (including phenoxy) is 1. The zero-order valence-corrected chi connectivity index (χ0v) is 17.2. The first kappa shape index (κ1) is 18.8. The fourth-order valence-electron chi connectivity index (χ4n) is 3.11. The molecule has 8 heteroatoms. The maximum atomic E-state index is 12.4. The highest BCUT2D eigenvalue weighted by Crippen LogP contribution is 2.23. The van der Waals surface area contributed by atoms with Gasteiger partial charge in [-0.05, 0) is 24.3 Å². The van der Waals surface area contributed by atoms with E-state index in [1.54, 1.807) is 22.7 Å². The lowest BCUT2D eigenvalue weighted by molar-refractivity contribution is -0.138. The van der Waals surface area contributed by atoms with Crippen molar-refractivity contribution in [1.82, 2.24) is 14.8 Å². The third-order valence-electron chi connectivity index (χ3n) is 4.52. The first-order valence-electron chi connectivity index (χ1n) is 8.84. The van der Waals surface area contributed by atoms with Gasteiger partial charge in [-0.1, -0.05) is 23.7 Å². The van der Waals surface area contributed by atoms with E-state index < -0.39 is 0 Å². The average molecular weight is 422 g/mol. The normalized spacial score (nSPS) is 15.5. The summed E-state index contributed by atoms with van der Waals surface area (Å²) < 4.78 is 7.59. The molecule has 1 aromatic carbocycles. The summed E-state index contributed by atoms with van der Waals surface area (Å²) in [5, 5.41) is 0.906. The summed E-state index contributed by atoms with van der Waals surface area (Å²) in [6, 6.07) is 12.0. The molecule has 27 heavy (non-hydrogen) atoms. The Balaban J connectivity index is 1.20. The minimum absolute atomic E-state index is 0.0509. The molecule has 0 spiro atoms. The van der Waals surface area contributed by atoms with Gasteiger partial charge >= 0.3 is 0 Å². The van der Waals surface area contributed by atoms with Gasteiger partial charge in [-0.2, -0.15) is 0 Å². The first-order chi connectivity index (χ1) is 13.2. The molecule has 0 saturated carbocycles. The molecule has 0 aliphatic carbocycles. The van der Waals surface area contributed by atoms with Crippen molar-refractivity contribution in [2.45, 2.75) is 13.2 Å². The number of amides is 1. The van der Waals surface area contributed by atoms with Crippen LogP contribution in [0.5, 0.6) is 0 Å². The van der Waals surface area contributed by atoms with Crippen LogP contribution in [0.15, 0.2) is 36.4 Å². The van der Waals surface area contributed by atoms with Crippen LogP contribution in [-0.2, 0) is 22.7 Å². The Morgan fingerprint density at radius 3 is 2.67 bits per heavy atom. The molecule has 0 unspecified atom stereocenters. The molecule has 0 N–H and O–H groups in total. The van der Waals surface area contributed by atoms with Crippen LogP contribution in [0.25, 0.3) is 10.2 Å². The van der Waals surface area contributed by atoms with E-state index in [0.29, 0.717) is 6.61 Å². The van der Waals surface area contributed by atoms with Gasteiger partial charge in [0.05, 0.1) is 21.2 Å². The number of nitrogens with zero attached hydrogens (tertiary/aromatic N) is 3. The predicted octanol–water partition coefficient (Wildman–Crippen LogP) is 3.87. The Morgan fingerprint density at radius 1 is 1.11 bits per heavy atom. The Bertz CT molecular complexity index is 885. The lowest BCUT2D eigenvalue weighted by Crippen LogP contribution is -2.49. The van der Waals surface area contributed by atoms with Crippen molar-refractivity contribution in [1.29, 1.82) is 0 Å². The molecule has 0 atom stereocenters. The summed E-state index contributed by atoms with van der Waals surface area (Å²) >= 11 is 9.22. The van der Waals surface area contributed by atoms with Gasteiger partial charge in [-0.15, -0.1) is 22.7 Å². The molecule has 5 nitrogen and oxygen atoms in total. The third kappa shape index (κ3) is 4.86. The van der Waals surface area contributed by atoms with E-state index in [4.69, 9.17) is 16.3 Å². The number of fused-ring (bicyclic) bond motifs is 1. The second-order valence-electron chi connectivity index (χ2n) is 6.43. The number of aromatic nitrogens is 1. The monoisotopic (exact) mass is 421 g/mol. The standard InChI is InChI=1S/C19H20ClN3O2S2/c20-17-6-5-14(26-17)11-22-7-9-23(10-8-22)19(24)13-25-12-18-21-15-3-1-2-4-16(15)27-18/h1-6H,7-13H2. The van der Waals surface area contributed by atoms with Gasteiger partial charge in [-0.3, -0.25) is 9.69 Å². The van der Waals surface area contributed by atoms with Crippen LogP contribution in [-0.4, -0.2) is 53.5 Å². The van der Waals surface area contributed by atoms with Gasteiger partial charge in [0.1, 0.15) is 11.6 Å². The fourth-order valence-corrected chi connectivity index (χ4v) is 5.15. The van der Waals surface area contributed by atoms with Gasteiger partial charge in [0, 0.05) is 37.6 Å². The molecule has 0 radical (unpaired) electrons. The lowest BCUT2D eigenvalue weighted by atomic mass is 10.3. The molecule has 142 valence electrons. The van der Waals surface area contributed by atoms with E-state index in [1.165, 1.54) is 4.88 Å².